The van der Waals surface area contributed by atoms with Crippen LogP contribution in [-0.4, -0.2) is 28.6 Å². The van der Waals surface area contributed by atoms with Crippen LogP contribution in [0.15, 0.2) is 0 Å². The smallest absolute Gasteiger partial charge is 0.326 e. The number of carbonyl (C=O) groups is 2. The highest BCUT2D eigenvalue weighted by atomic mass is 16.4. The van der Waals surface area contributed by atoms with Gasteiger partial charge in [0.15, 0.2) is 0 Å². The van der Waals surface area contributed by atoms with Crippen LogP contribution in [0.3, 0.4) is 0 Å². The second kappa shape index (κ2) is 4.64. The number of hydrogen-bond donors (Lipinski definition) is 3. The van der Waals surface area contributed by atoms with Gasteiger partial charge in [0.1, 0.15) is 6.04 Å². The molecule has 0 aromatic heterocycles. The fourth-order valence-electron chi connectivity index (χ4n) is 2.51. The summed E-state index contributed by atoms with van der Waals surface area (Å²) in [4.78, 5) is 23.1. The lowest BCUT2D eigenvalue weighted by molar-refractivity contribution is -0.143. The van der Waals surface area contributed by atoms with E-state index in [2.05, 4.69) is 5.32 Å². The summed E-state index contributed by atoms with van der Waals surface area (Å²) in [6, 6.07) is -0.746. The van der Waals surface area contributed by atoms with Crippen molar-refractivity contribution < 1.29 is 14.7 Å². The molecule has 0 spiro atoms. The van der Waals surface area contributed by atoms with E-state index >= 15 is 0 Å². The van der Waals surface area contributed by atoms with E-state index in [4.69, 9.17) is 10.8 Å². The Labute approximate surface area is 101 Å². The molecule has 0 radical (unpaired) electrons. The highest BCUT2D eigenvalue weighted by Gasteiger charge is 2.42. The largest absolute Gasteiger partial charge is 0.480 e. The maximum absolute atomic E-state index is 12.1. The highest BCUT2D eigenvalue weighted by molar-refractivity contribution is 5.90. The average molecular weight is 240 g/mol. The van der Waals surface area contributed by atoms with E-state index in [1.54, 1.807) is 0 Å². The number of nitrogens with one attached hydrogen (secondary N) is 1. The number of aliphatic carboxylic acids is 1. The molecule has 2 saturated carbocycles. The van der Waals surface area contributed by atoms with Crippen LogP contribution in [0.1, 0.15) is 44.9 Å². The molecule has 0 aromatic carbocycles. The Bertz CT molecular complexity index is 320. The average Bonchev–Trinajstić information content (AvgIpc) is 3.10. The number of rotatable bonds is 4. The Morgan fingerprint density at radius 1 is 1.24 bits per heavy atom. The molecule has 2 rings (SSSR count). The van der Waals surface area contributed by atoms with Crippen molar-refractivity contribution in [3.63, 3.8) is 0 Å². The third-order valence-corrected chi connectivity index (χ3v) is 3.84. The molecule has 1 atom stereocenters. The summed E-state index contributed by atoms with van der Waals surface area (Å²) < 4.78 is 0. The molecule has 0 aromatic rings. The highest BCUT2D eigenvalue weighted by Crippen LogP contribution is 2.33. The summed E-state index contributed by atoms with van der Waals surface area (Å²) in [7, 11) is 0. The van der Waals surface area contributed by atoms with Gasteiger partial charge in [0.05, 0.1) is 5.54 Å². The molecular formula is C12H20N2O3. The zero-order chi connectivity index (χ0) is 12.5. The van der Waals surface area contributed by atoms with Gasteiger partial charge in [-0.05, 0) is 31.6 Å². The zero-order valence-corrected chi connectivity index (χ0v) is 9.95. The van der Waals surface area contributed by atoms with E-state index in [1.807, 2.05) is 0 Å². The van der Waals surface area contributed by atoms with Crippen molar-refractivity contribution in [3.05, 3.63) is 0 Å². The first-order chi connectivity index (χ1) is 8.03. The summed E-state index contributed by atoms with van der Waals surface area (Å²) >= 11 is 0. The first-order valence-corrected chi connectivity index (χ1v) is 6.35. The Hall–Kier alpha value is -1.10. The van der Waals surface area contributed by atoms with Crippen molar-refractivity contribution in [3.8, 4) is 0 Å². The van der Waals surface area contributed by atoms with Gasteiger partial charge in [-0.25, -0.2) is 4.79 Å². The number of carboxylic acid groups (broad SMARTS) is 1. The fourth-order valence-corrected chi connectivity index (χ4v) is 2.51. The minimum absolute atomic E-state index is 0.101. The molecule has 5 heteroatoms. The molecule has 2 fully saturated rings. The van der Waals surface area contributed by atoms with E-state index in [0.717, 1.165) is 32.1 Å². The van der Waals surface area contributed by atoms with Gasteiger partial charge in [0.25, 0.3) is 0 Å². The van der Waals surface area contributed by atoms with Crippen molar-refractivity contribution in [1.29, 1.82) is 0 Å². The first kappa shape index (κ1) is 12.4. The minimum Gasteiger partial charge on any atom is -0.480 e. The van der Waals surface area contributed by atoms with Crippen LogP contribution in [0.4, 0.5) is 0 Å². The number of hydrogen-bond acceptors (Lipinski definition) is 3. The number of amides is 1. The second-order valence-electron chi connectivity index (χ2n) is 5.34. The Morgan fingerprint density at radius 3 is 2.29 bits per heavy atom. The number of carbonyl (C=O) groups excluding carboxylic acids is 1. The predicted octanol–water partition coefficient (Wildman–Crippen LogP) is 0.627. The van der Waals surface area contributed by atoms with Crippen molar-refractivity contribution in [2.45, 2.75) is 56.5 Å². The number of carboxylic acids is 1. The maximum atomic E-state index is 12.1. The van der Waals surface area contributed by atoms with Crippen molar-refractivity contribution in [2.24, 2.45) is 11.7 Å². The standard InChI is InChI=1S/C12H20N2O3/c13-12(6-2-1-3-7-12)11(17)14-9(10(15)16)8-4-5-8/h8-9H,1-7,13H2,(H,14,17)(H,15,16). The minimum atomic E-state index is -0.944. The molecule has 0 heterocycles. The summed E-state index contributed by atoms with van der Waals surface area (Å²) in [5.41, 5.74) is 5.22. The van der Waals surface area contributed by atoms with Crippen LogP contribution in [0.5, 0.6) is 0 Å². The van der Waals surface area contributed by atoms with Crippen molar-refractivity contribution in [2.75, 3.05) is 0 Å². The van der Waals surface area contributed by atoms with Gasteiger partial charge < -0.3 is 16.2 Å². The summed E-state index contributed by atoms with van der Waals surface area (Å²) in [5.74, 6) is -1.12. The second-order valence-corrected chi connectivity index (χ2v) is 5.34. The Morgan fingerprint density at radius 2 is 1.82 bits per heavy atom. The molecule has 2 aliphatic carbocycles. The quantitative estimate of drug-likeness (QED) is 0.672. The van der Waals surface area contributed by atoms with Crippen LogP contribution in [0.2, 0.25) is 0 Å². The Balaban J connectivity index is 1.96. The molecule has 17 heavy (non-hydrogen) atoms. The van der Waals surface area contributed by atoms with Gasteiger partial charge >= 0.3 is 5.97 Å². The van der Waals surface area contributed by atoms with Crippen LogP contribution >= 0.6 is 0 Å². The molecule has 2 aliphatic rings. The third kappa shape index (κ3) is 2.77. The molecule has 5 nitrogen and oxygen atoms in total. The molecule has 0 aliphatic heterocycles. The van der Waals surface area contributed by atoms with Crippen LogP contribution in [0.25, 0.3) is 0 Å². The molecule has 4 N–H and O–H groups in total. The van der Waals surface area contributed by atoms with E-state index in [0.29, 0.717) is 12.8 Å². The SMILES string of the molecule is NC1(C(=O)NC(C(=O)O)C2CC2)CCCCC1. The molecule has 96 valence electrons. The topological polar surface area (TPSA) is 92.4 Å². The van der Waals surface area contributed by atoms with Gasteiger partial charge in [-0.2, -0.15) is 0 Å². The van der Waals surface area contributed by atoms with Gasteiger partial charge in [-0.15, -0.1) is 0 Å². The van der Waals surface area contributed by atoms with Gasteiger partial charge in [-0.1, -0.05) is 19.3 Å². The van der Waals surface area contributed by atoms with E-state index in [-0.39, 0.29) is 11.8 Å². The van der Waals surface area contributed by atoms with Crippen LogP contribution in [0, 0.1) is 5.92 Å². The molecular weight excluding hydrogens is 220 g/mol. The van der Waals surface area contributed by atoms with E-state index in [1.165, 1.54) is 0 Å². The number of nitrogens with two attached hydrogens (primary N) is 1. The molecule has 0 bridgehead atoms. The lowest BCUT2D eigenvalue weighted by Gasteiger charge is -2.32. The first-order valence-electron chi connectivity index (χ1n) is 6.35. The normalized spacial score (nSPS) is 25.0. The lowest BCUT2D eigenvalue weighted by atomic mass is 9.81. The lowest BCUT2D eigenvalue weighted by Crippen LogP contribution is -2.58. The summed E-state index contributed by atoms with van der Waals surface area (Å²) in [6.07, 6.45) is 6.10. The predicted molar refractivity (Wildman–Crippen MR) is 62.3 cm³/mol. The Kier molecular flexibility index (Phi) is 3.38. The monoisotopic (exact) mass is 240 g/mol. The van der Waals surface area contributed by atoms with Gasteiger partial charge in [-0.3, -0.25) is 4.79 Å². The molecule has 1 unspecified atom stereocenters. The summed E-state index contributed by atoms with van der Waals surface area (Å²) in [6.45, 7) is 0. The molecule has 0 saturated heterocycles. The third-order valence-electron chi connectivity index (χ3n) is 3.84. The van der Waals surface area contributed by atoms with E-state index in [9.17, 15) is 9.59 Å². The molecule has 1 amide bonds. The van der Waals surface area contributed by atoms with Crippen molar-refractivity contribution >= 4 is 11.9 Å². The van der Waals surface area contributed by atoms with Crippen LogP contribution in [-0.2, 0) is 9.59 Å². The van der Waals surface area contributed by atoms with Crippen LogP contribution < -0.4 is 11.1 Å². The summed E-state index contributed by atoms with van der Waals surface area (Å²) in [5, 5.41) is 11.7. The van der Waals surface area contributed by atoms with E-state index < -0.39 is 17.6 Å². The van der Waals surface area contributed by atoms with Crippen molar-refractivity contribution in [1.82, 2.24) is 5.32 Å². The fraction of sp³-hybridized carbons (Fsp3) is 0.833. The maximum Gasteiger partial charge on any atom is 0.326 e. The van der Waals surface area contributed by atoms with Gasteiger partial charge in [0, 0.05) is 0 Å². The van der Waals surface area contributed by atoms with Gasteiger partial charge in [0.2, 0.25) is 5.91 Å². The zero-order valence-electron chi connectivity index (χ0n) is 9.95.